The van der Waals surface area contributed by atoms with Crippen LogP contribution in [0.1, 0.15) is 35.3 Å². The Hall–Kier alpha value is -2.62. The molecule has 0 N–H and O–H groups in total. The first kappa shape index (κ1) is 16.7. The molecule has 1 heterocycles. The van der Waals surface area contributed by atoms with E-state index in [0.717, 1.165) is 22.6 Å². The monoisotopic (exact) mass is 311 g/mol. The van der Waals surface area contributed by atoms with Crippen molar-refractivity contribution in [2.75, 3.05) is 13.2 Å². The SMILES string of the molecule is CCOc1cc(/C=C/C(=O)c2ccncc2)cc(OCC)c1C. The van der Waals surface area contributed by atoms with Crippen molar-refractivity contribution in [3.63, 3.8) is 0 Å². The number of nitrogens with zero attached hydrogens (tertiary/aromatic N) is 1. The number of hydrogen-bond acceptors (Lipinski definition) is 4. The molecule has 0 aliphatic heterocycles. The molecule has 0 aliphatic rings. The molecule has 1 aromatic carbocycles. The van der Waals surface area contributed by atoms with E-state index >= 15 is 0 Å². The first-order valence-electron chi connectivity index (χ1n) is 7.68. The van der Waals surface area contributed by atoms with E-state index in [9.17, 15) is 4.79 Å². The summed E-state index contributed by atoms with van der Waals surface area (Å²) in [5.41, 5.74) is 2.44. The predicted molar refractivity (Wildman–Crippen MR) is 91.1 cm³/mol. The molecule has 120 valence electrons. The van der Waals surface area contributed by atoms with E-state index in [0.29, 0.717) is 18.8 Å². The molecule has 0 unspecified atom stereocenters. The van der Waals surface area contributed by atoms with E-state index in [2.05, 4.69) is 4.98 Å². The Morgan fingerprint density at radius 2 is 1.65 bits per heavy atom. The highest BCUT2D eigenvalue weighted by Crippen LogP contribution is 2.30. The normalized spacial score (nSPS) is 10.7. The zero-order valence-corrected chi connectivity index (χ0v) is 13.7. The van der Waals surface area contributed by atoms with Crippen molar-refractivity contribution >= 4 is 11.9 Å². The van der Waals surface area contributed by atoms with E-state index in [4.69, 9.17) is 9.47 Å². The molecule has 2 rings (SSSR count). The minimum Gasteiger partial charge on any atom is -0.493 e. The lowest BCUT2D eigenvalue weighted by molar-refractivity contribution is 0.104. The lowest BCUT2D eigenvalue weighted by Gasteiger charge is -2.13. The van der Waals surface area contributed by atoms with Crippen LogP contribution in [0.5, 0.6) is 11.5 Å². The Balaban J connectivity index is 2.28. The molecule has 0 spiro atoms. The molecule has 0 bridgehead atoms. The smallest absolute Gasteiger partial charge is 0.185 e. The number of ketones is 1. The third-order valence-corrected chi connectivity index (χ3v) is 3.33. The Morgan fingerprint density at radius 1 is 1.09 bits per heavy atom. The molecule has 0 atom stereocenters. The molecule has 0 amide bonds. The second-order valence-electron chi connectivity index (χ2n) is 4.94. The molecule has 23 heavy (non-hydrogen) atoms. The summed E-state index contributed by atoms with van der Waals surface area (Å²) in [5.74, 6) is 1.48. The number of hydrogen-bond donors (Lipinski definition) is 0. The van der Waals surface area contributed by atoms with Gasteiger partial charge >= 0.3 is 0 Å². The molecule has 0 fully saturated rings. The minimum atomic E-state index is -0.0658. The average molecular weight is 311 g/mol. The topological polar surface area (TPSA) is 48.4 Å². The summed E-state index contributed by atoms with van der Waals surface area (Å²) in [6.07, 6.45) is 6.53. The molecule has 4 nitrogen and oxygen atoms in total. The first-order valence-corrected chi connectivity index (χ1v) is 7.68. The van der Waals surface area contributed by atoms with Crippen molar-refractivity contribution in [1.82, 2.24) is 4.98 Å². The van der Waals surface area contributed by atoms with Gasteiger partial charge in [-0.05, 0) is 56.7 Å². The van der Waals surface area contributed by atoms with Crippen LogP contribution in [0.3, 0.4) is 0 Å². The fourth-order valence-corrected chi connectivity index (χ4v) is 2.17. The fraction of sp³-hybridized carbons (Fsp3) is 0.263. The van der Waals surface area contributed by atoms with Gasteiger partial charge in [0.05, 0.1) is 13.2 Å². The van der Waals surface area contributed by atoms with Crippen LogP contribution >= 0.6 is 0 Å². The maximum atomic E-state index is 12.1. The van der Waals surface area contributed by atoms with Crippen LogP contribution in [0.2, 0.25) is 0 Å². The van der Waals surface area contributed by atoms with Gasteiger partial charge in [-0.1, -0.05) is 6.08 Å². The number of carbonyl (C=O) groups is 1. The highest BCUT2D eigenvalue weighted by atomic mass is 16.5. The molecule has 0 radical (unpaired) electrons. The van der Waals surface area contributed by atoms with Crippen molar-refractivity contribution in [2.45, 2.75) is 20.8 Å². The van der Waals surface area contributed by atoms with Crippen LogP contribution in [-0.2, 0) is 0 Å². The average Bonchev–Trinajstić information content (AvgIpc) is 2.57. The van der Waals surface area contributed by atoms with Crippen LogP contribution in [0, 0.1) is 6.92 Å². The maximum Gasteiger partial charge on any atom is 0.185 e. The second-order valence-corrected chi connectivity index (χ2v) is 4.94. The molecule has 4 heteroatoms. The van der Waals surface area contributed by atoms with Gasteiger partial charge in [0.1, 0.15) is 11.5 Å². The summed E-state index contributed by atoms with van der Waals surface area (Å²) in [6, 6.07) is 7.22. The Bertz CT molecular complexity index is 666. The lowest BCUT2D eigenvalue weighted by atomic mass is 10.1. The number of allylic oxidation sites excluding steroid dienone is 1. The van der Waals surface area contributed by atoms with Gasteiger partial charge in [0.2, 0.25) is 0 Å². The van der Waals surface area contributed by atoms with Crippen molar-refractivity contribution in [3.8, 4) is 11.5 Å². The van der Waals surface area contributed by atoms with Crippen LogP contribution in [0.25, 0.3) is 6.08 Å². The Labute approximate surface area is 136 Å². The zero-order valence-electron chi connectivity index (χ0n) is 13.7. The molecule has 0 aliphatic carbocycles. The van der Waals surface area contributed by atoms with Crippen LogP contribution in [-0.4, -0.2) is 24.0 Å². The van der Waals surface area contributed by atoms with Gasteiger partial charge in [-0.15, -0.1) is 0 Å². The standard InChI is InChI=1S/C19H21NO3/c1-4-22-18-12-15(13-19(14(18)3)23-5-2)6-7-17(21)16-8-10-20-11-9-16/h6-13H,4-5H2,1-3H3/b7-6+. The van der Waals surface area contributed by atoms with Gasteiger partial charge in [0, 0.05) is 23.5 Å². The van der Waals surface area contributed by atoms with Crippen molar-refractivity contribution in [2.24, 2.45) is 0 Å². The van der Waals surface area contributed by atoms with Gasteiger partial charge < -0.3 is 9.47 Å². The fourth-order valence-electron chi connectivity index (χ4n) is 2.17. The highest BCUT2D eigenvalue weighted by Gasteiger charge is 2.09. The number of ether oxygens (including phenoxy) is 2. The summed E-state index contributed by atoms with van der Waals surface area (Å²) in [4.78, 5) is 16.0. The summed E-state index contributed by atoms with van der Waals surface area (Å²) in [5, 5.41) is 0. The van der Waals surface area contributed by atoms with E-state index in [1.54, 1.807) is 36.7 Å². The summed E-state index contributed by atoms with van der Waals surface area (Å²) in [6.45, 7) is 7.00. The molecule has 0 saturated carbocycles. The zero-order chi connectivity index (χ0) is 16.7. The van der Waals surface area contributed by atoms with Crippen LogP contribution in [0.4, 0.5) is 0 Å². The number of carbonyl (C=O) groups excluding carboxylic acids is 1. The lowest BCUT2D eigenvalue weighted by Crippen LogP contribution is -2.00. The van der Waals surface area contributed by atoms with Gasteiger partial charge in [-0.3, -0.25) is 9.78 Å². The van der Waals surface area contributed by atoms with E-state index in [1.165, 1.54) is 0 Å². The maximum absolute atomic E-state index is 12.1. The van der Waals surface area contributed by atoms with E-state index in [1.807, 2.05) is 32.9 Å². The van der Waals surface area contributed by atoms with Gasteiger partial charge in [-0.25, -0.2) is 0 Å². The number of rotatable bonds is 7. The van der Waals surface area contributed by atoms with Crippen LogP contribution < -0.4 is 9.47 Å². The Kier molecular flexibility index (Phi) is 5.92. The second kappa shape index (κ2) is 8.13. The summed E-state index contributed by atoms with van der Waals surface area (Å²) >= 11 is 0. The van der Waals surface area contributed by atoms with E-state index in [-0.39, 0.29) is 5.78 Å². The van der Waals surface area contributed by atoms with Crippen molar-refractivity contribution in [3.05, 3.63) is 59.4 Å². The quantitative estimate of drug-likeness (QED) is 0.571. The Morgan fingerprint density at radius 3 is 2.17 bits per heavy atom. The minimum absolute atomic E-state index is 0.0658. The van der Waals surface area contributed by atoms with Gasteiger partial charge in [0.15, 0.2) is 5.78 Å². The van der Waals surface area contributed by atoms with E-state index < -0.39 is 0 Å². The molecule has 2 aromatic rings. The third-order valence-electron chi connectivity index (χ3n) is 3.33. The first-order chi connectivity index (χ1) is 11.2. The number of benzene rings is 1. The van der Waals surface area contributed by atoms with Gasteiger partial charge in [-0.2, -0.15) is 0 Å². The number of aromatic nitrogens is 1. The van der Waals surface area contributed by atoms with Crippen molar-refractivity contribution < 1.29 is 14.3 Å². The summed E-state index contributed by atoms with van der Waals surface area (Å²) in [7, 11) is 0. The highest BCUT2D eigenvalue weighted by molar-refractivity contribution is 6.06. The molecular weight excluding hydrogens is 290 g/mol. The molecule has 1 aromatic heterocycles. The number of pyridine rings is 1. The predicted octanol–water partition coefficient (Wildman–Crippen LogP) is 4.08. The van der Waals surface area contributed by atoms with Crippen LogP contribution in [0.15, 0.2) is 42.7 Å². The summed E-state index contributed by atoms with van der Waals surface area (Å²) < 4.78 is 11.3. The van der Waals surface area contributed by atoms with Crippen molar-refractivity contribution in [1.29, 1.82) is 0 Å². The third kappa shape index (κ3) is 4.42. The van der Waals surface area contributed by atoms with Gasteiger partial charge in [0.25, 0.3) is 0 Å². The molecular formula is C19H21NO3. The largest absolute Gasteiger partial charge is 0.493 e. The molecule has 0 saturated heterocycles.